The first-order chi connectivity index (χ1) is 13.7. The fourth-order valence-electron chi connectivity index (χ4n) is 3.73. The molecule has 0 amide bonds. The quantitative estimate of drug-likeness (QED) is 0.552. The Balaban J connectivity index is 1.71. The lowest BCUT2D eigenvalue weighted by Gasteiger charge is -2.28. The Morgan fingerprint density at radius 2 is 1.76 bits per heavy atom. The summed E-state index contributed by atoms with van der Waals surface area (Å²) in [5.41, 5.74) is 4.44. The van der Waals surface area contributed by atoms with Crippen molar-refractivity contribution >= 4 is 33.3 Å². The molecule has 0 aliphatic heterocycles. The van der Waals surface area contributed by atoms with E-state index in [0.29, 0.717) is 10.9 Å². The number of aromatic nitrogens is 1. The second kappa shape index (κ2) is 9.13. The van der Waals surface area contributed by atoms with Crippen molar-refractivity contribution in [2.75, 3.05) is 11.6 Å². The van der Waals surface area contributed by atoms with Gasteiger partial charge >= 0.3 is 0 Å². The smallest absolute Gasteiger partial charge is 0.232 e. The maximum Gasteiger partial charge on any atom is 0.232 e. The van der Waals surface area contributed by atoms with Crippen LogP contribution in [0.15, 0.2) is 41.5 Å². The standard InChI is InChI=1S/C21H27ClN4O2S/c1-14-15(2)23-13-12-20(14)16-4-8-18(9-5-16)24-21(26-29(3,27)28)25-19-10-6-17(22)7-11-19/h6-7,10-13,16,18H,4-5,8-9H2,1-3H3,(H2,24,25,26). The Labute approximate surface area is 177 Å². The molecule has 0 radical (unpaired) electrons. The molecule has 3 rings (SSSR count). The number of pyridine rings is 1. The highest BCUT2D eigenvalue weighted by Crippen LogP contribution is 2.35. The van der Waals surface area contributed by atoms with Crippen LogP contribution in [0.2, 0.25) is 5.02 Å². The number of nitrogens with one attached hydrogen (secondary N) is 2. The molecule has 0 bridgehead atoms. The number of rotatable bonds is 4. The van der Waals surface area contributed by atoms with Crippen LogP contribution in [0.4, 0.5) is 5.69 Å². The second-order valence-corrected chi connectivity index (χ2v) is 9.78. The minimum Gasteiger partial charge on any atom is -0.326 e. The number of anilines is 1. The summed E-state index contributed by atoms with van der Waals surface area (Å²) < 4.78 is 26.0. The molecule has 1 aliphatic carbocycles. The zero-order valence-electron chi connectivity index (χ0n) is 16.9. The maximum atomic E-state index is 11.8. The lowest BCUT2D eigenvalue weighted by molar-refractivity contribution is 0.395. The minimum atomic E-state index is -3.44. The van der Waals surface area contributed by atoms with Crippen molar-refractivity contribution in [1.29, 1.82) is 0 Å². The van der Waals surface area contributed by atoms with E-state index in [0.717, 1.165) is 43.3 Å². The Morgan fingerprint density at radius 1 is 1.10 bits per heavy atom. The summed E-state index contributed by atoms with van der Waals surface area (Å²) in [4.78, 5) is 9.04. The molecule has 6 nitrogen and oxygen atoms in total. The van der Waals surface area contributed by atoms with E-state index in [4.69, 9.17) is 11.6 Å². The SMILES string of the molecule is Cc1nccc(C2CCC(N=C(Nc3ccc(Cl)cc3)NS(C)(=O)=O)CC2)c1C. The molecule has 0 spiro atoms. The monoisotopic (exact) mass is 434 g/mol. The van der Waals surface area contributed by atoms with Crippen molar-refractivity contribution in [2.24, 2.45) is 4.99 Å². The highest BCUT2D eigenvalue weighted by molar-refractivity contribution is 7.89. The van der Waals surface area contributed by atoms with Crippen LogP contribution < -0.4 is 10.0 Å². The zero-order chi connectivity index (χ0) is 21.0. The number of nitrogens with zero attached hydrogens (tertiary/aromatic N) is 2. The number of hydrogen-bond donors (Lipinski definition) is 2. The highest BCUT2D eigenvalue weighted by Gasteiger charge is 2.24. The second-order valence-electron chi connectivity index (χ2n) is 7.60. The van der Waals surface area contributed by atoms with Crippen LogP contribution >= 0.6 is 11.6 Å². The summed E-state index contributed by atoms with van der Waals surface area (Å²) in [7, 11) is -3.44. The number of hydrogen-bond acceptors (Lipinski definition) is 4. The summed E-state index contributed by atoms with van der Waals surface area (Å²) in [5, 5.41) is 3.68. The van der Waals surface area contributed by atoms with Gasteiger partial charge in [0, 0.05) is 22.6 Å². The predicted octanol–water partition coefficient (Wildman–Crippen LogP) is 4.40. The molecule has 1 aliphatic rings. The molecular formula is C21H27ClN4O2S. The van der Waals surface area contributed by atoms with Gasteiger partial charge in [-0.2, -0.15) is 0 Å². The molecule has 0 atom stereocenters. The molecule has 156 valence electrons. The fourth-order valence-corrected chi connectivity index (χ4v) is 4.31. The van der Waals surface area contributed by atoms with E-state index >= 15 is 0 Å². The molecule has 1 aromatic carbocycles. The molecule has 1 fully saturated rings. The Hall–Kier alpha value is -2.12. The van der Waals surface area contributed by atoms with Crippen molar-refractivity contribution < 1.29 is 8.42 Å². The first-order valence-electron chi connectivity index (χ1n) is 9.71. The first kappa shape index (κ1) is 21.6. The third-order valence-electron chi connectivity index (χ3n) is 5.34. The number of benzene rings is 1. The van der Waals surface area contributed by atoms with E-state index in [1.165, 1.54) is 11.1 Å². The van der Waals surface area contributed by atoms with Crippen molar-refractivity contribution in [3.05, 3.63) is 58.4 Å². The van der Waals surface area contributed by atoms with Gasteiger partial charge in [-0.25, -0.2) is 13.4 Å². The van der Waals surface area contributed by atoms with Gasteiger partial charge in [0.1, 0.15) is 0 Å². The summed E-state index contributed by atoms with van der Waals surface area (Å²) in [6, 6.07) is 9.24. The number of aryl methyl sites for hydroxylation is 1. The van der Waals surface area contributed by atoms with E-state index in [-0.39, 0.29) is 12.0 Å². The van der Waals surface area contributed by atoms with E-state index in [2.05, 4.69) is 33.0 Å². The summed E-state index contributed by atoms with van der Waals surface area (Å²) in [5.74, 6) is 0.743. The largest absolute Gasteiger partial charge is 0.326 e. The highest BCUT2D eigenvalue weighted by atomic mass is 35.5. The van der Waals surface area contributed by atoms with Gasteiger partial charge < -0.3 is 5.32 Å². The number of sulfonamides is 1. The van der Waals surface area contributed by atoms with Crippen LogP contribution in [-0.4, -0.2) is 31.7 Å². The van der Waals surface area contributed by atoms with Crippen molar-refractivity contribution in [3.8, 4) is 0 Å². The third kappa shape index (κ3) is 6.18. The topological polar surface area (TPSA) is 83.4 Å². The zero-order valence-corrected chi connectivity index (χ0v) is 18.5. The third-order valence-corrected chi connectivity index (χ3v) is 6.15. The lowest BCUT2D eigenvalue weighted by atomic mass is 9.80. The number of halogens is 1. The first-order valence-corrected chi connectivity index (χ1v) is 12.0. The van der Waals surface area contributed by atoms with Crippen LogP contribution in [0.25, 0.3) is 0 Å². The predicted molar refractivity (Wildman–Crippen MR) is 119 cm³/mol. The van der Waals surface area contributed by atoms with Gasteiger partial charge in [0.05, 0.1) is 12.3 Å². The lowest BCUT2D eigenvalue weighted by Crippen LogP contribution is -2.36. The Kier molecular flexibility index (Phi) is 6.80. The Bertz CT molecular complexity index is 982. The van der Waals surface area contributed by atoms with Crippen LogP contribution in [0.5, 0.6) is 0 Å². The van der Waals surface area contributed by atoms with E-state index in [1.807, 2.05) is 13.1 Å². The average molecular weight is 435 g/mol. The van der Waals surface area contributed by atoms with E-state index in [1.54, 1.807) is 24.3 Å². The molecule has 1 saturated carbocycles. The molecule has 29 heavy (non-hydrogen) atoms. The Morgan fingerprint density at radius 3 is 2.38 bits per heavy atom. The normalized spacial score (nSPS) is 20.3. The van der Waals surface area contributed by atoms with Gasteiger partial charge in [0.2, 0.25) is 16.0 Å². The molecule has 1 aromatic heterocycles. The van der Waals surface area contributed by atoms with Gasteiger partial charge in [-0.1, -0.05) is 11.6 Å². The van der Waals surface area contributed by atoms with Crippen molar-refractivity contribution in [3.63, 3.8) is 0 Å². The van der Waals surface area contributed by atoms with Gasteiger partial charge in [-0.15, -0.1) is 0 Å². The average Bonchev–Trinajstić information content (AvgIpc) is 2.65. The van der Waals surface area contributed by atoms with Gasteiger partial charge in [-0.3, -0.25) is 9.71 Å². The van der Waals surface area contributed by atoms with Crippen molar-refractivity contribution in [2.45, 2.75) is 51.5 Å². The fraction of sp³-hybridized carbons (Fsp3) is 0.429. The van der Waals surface area contributed by atoms with Gasteiger partial charge in [-0.05, 0) is 86.9 Å². The molecule has 0 unspecified atom stereocenters. The van der Waals surface area contributed by atoms with Crippen LogP contribution in [0, 0.1) is 13.8 Å². The molecule has 1 heterocycles. The molecule has 2 N–H and O–H groups in total. The summed E-state index contributed by atoms with van der Waals surface area (Å²) in [6.45, 7) is 4.17. The molecule has 8 heteroatoms. The molecular weight excluding hydrogens is 408 g/mol. The molecule has 2 aromatic rings. The van der Waals surface area contributed by atoms with Gasteiger partial charge in [0.15, 0.2) is 0 Å². The van der Waals surface area contributed by atoms with Crippen LogP contribution in [0.3, 0.4) is 0 Å². The minimum absolute atomic E-state index is 0.0681. The van der Waals surface area contributed by atoms with Crippen molar-refractivity contribution in [1.82, 2.24) is 9.71 Å². The summed E-state index contributed by atoms with van der Waals surface area (Å²) >= 11 is 5.92. The summed E-state index contributed by atoms with van der Waals surface area (Å²) in [6.07, 6.45) is 6.85. The number of aliphatic imine (C=N–C) groups is 1. The van der Waals surface area contributed by atoms with E-state index in [9.17, 15) is 8.42 Å². The number of guanidine groups is 1. The van der Waals surface area contributed by atoms with Gasteiger partial charge in [0.25, 0.3) is 0 Å². The van der Waals surface area contributed by atoms with Crippen LogP contribution in [0.1, 0.15) is 48.4 Å². The molecule has 0 saturated heterocycles. The van der Waals surface area contributed by atoms with Crippen LogP contribution in [-0.2, 0) is 10.0 Å². The van der Waals surface area contributed by atoms with E-state index < -0.39 is 10.0 Å². The maximum absolute atomic E-state index is 11.8.